The van der Waals surface area contributed by atoms with Gasteiger partial charge in [0.05, 0.1) is 0 Å². The van der Waals surface area contributed by atoms with Gasteiger partial charge in [0.2, 0.25) is 0 Å². The van der Waals surface area contributed by atoms with E-state index < -0.39 is 0 Å². The first kappa shape index (κ1) is 18.2. The van der Waals surface area contributed by atoms with Gasteiger partial charge < -0.3 is 27.8 Å². The molecule has 0 aromatic heterocycles. The normalized spacial score (nSPS) is 9.68. The van der Waals surface area contributed by atoms with E-state index in [2.05, 4.69) is 67.5 Å². The molecule has 0 aliphatic heterocycles. The Bertz CT molecular complexity index is 439. The first-order chi connectivity index (χ1) is 8.25. The predicted molar refractivity (Wildman–Crippen MR) is 82.0 cm³/mol. The van der Waals surface area contributed by atoms with Gasteiger partial charge in [-0.2, -0.15) is 28.8 Å². The molecule has 0 spiro atoms. The average molecular weight is 298 g/mol. The molecule has 2 aromatic carbocycles. The Balaban J connectivity index is 0.000000331. The number of rotatable bonds is 0. The third kappa shape index (κ3) is 4.09. The molecule has 0 saturated carbocycles. The van der Waals surface area contributed by atoms with E-state index in [4.69, 9.17) is 0 Å². The Hall–Kier alpha value is -0.781. The first-order valence-corrected chi connectivity index (χ1v) is 6.65. The number of hydrogen-bond acceptors (Lipinski definition) is 0. The quantitative estimate of drug-likeness (QED) is 0.459. The van der Waals surface area contributed by atoms with Crippen molar-refractivity contribution in [2.24, 2.45) is 0 Å². The molecule has 0 radical (unpaired) electrons. The molecule has 0 N–H and O–H groups in total. The van der Waals surface area contributed by atoms with E-state index in [9.17, 15) is 0 Å². The SMILES string of the molecule is C[c-]1[c-](C)[c-](C)[c-](C)[c-]1C.Cc1c[c-](C)cc1C.[Fe]. The van der Waals surface area contributed by atoms with Crippen LogP contribution in [0, 0.1) is 55.4 Å². The van der Waals surface area contributed by atoms with E-state index >= 15 is 0 Å². The fourth-order valence-corrected chi connectivity index (χ4v) is 2.36. The monoisotopic (exact) mass is 298 g/mol. The van der Waals surface area contributed by atoms with Crippen molar-refractivity contribution in [2.45, 2.75) is 55.4 Å². The second-order valence-electron chi connectivity index (χ2n) is 5.52. The maximum Gasteiger partial charge on any atom is 0 e. The molecule has 19 heavy (non-hydrogen) atoms. The summed E-state index contributed by atoms with van der Waals surface area (Å²) in [5, 5.41) is 0. The second kappa shape index (κ2) is 7.12. The third-order valence-electron chi connectivity index (χ3n) is 4.32. The average Bonchev–Trinajstić information content (AvgIpc) is 2.69. The molecule has 0 unspecified atom stereocenters. The van der Waals surface area contributed by atoms with Crippen LogP contribution in [0.25, 0.3) is 0 Å². The zero-order valence-electron chi connectivity index (χ0n) is 13.5. The molecule has 2 rings (SSSR count). The summed E-state index contributed by atoms with van der Waals surface area (Å²) in [7, 11) is 0. The van der Waals surface area contributed by atoms with E-state index in [-0.39, 0.29) is 17.1 Å². The molecule has 0 nitrogen and oxygen atoms in total. The van der Waals surface area contributed by atoms with Crippen LogP contribution >= 0.6 is 0 Å². The topological polar surface area (TPSA) is 0 Å². The van der Waals surface area contributed by atoms with Crippen LogP contribution in [0.1, 0.15) is 44.5 Å². The summed E-state index contributed by atoms with van der Waals surface area (Å²) in [4.78, 5) is 0. The molecule has 0 heterocycles. The molecular weight excluding hydrogens is 272 g/mol. The molecule has 0 atom stereocenters. The largest absolute Gasteiger partial charge is 0.731 e. The van der Waals surface area contributed by atoms with Gasteiger partial charge >= 0.3 is 0 Å². The Labute approximate surface area is 129 Å². The fraction of sp³-hybridized carbons (Fsp3) is 0.444. The zero-order valence-corrected chi connectivity index (χ0v) is 14.6. The van der Waals surface area contributed by atoms with Crippen LogP contribution in [0.15, 0.2) is 12.1 Å². The number of aryl methyl sites for hydroxylation is 3. The van der Waals surface area contributed by atoms with Crippen molar-refractivity contribution < 1.29 is 17.1 Å². The third-order valence-corrected chi connectivity index (χ3v) is 4.32. The molecule has 0 bridgehead atoms. The minimum absolute atomic E-state index is 0. The van der Waals surface area contributed by atoms with Gasteiger partial charge in [-0.3, -0.25) is 0 Å². The first-order valence-electron chi connectivity index (χ1n) is 6.65. The Morgan fingerprint density at radius 1 is 0.579 bits per heavy atom. The van der Waals surface area contributed by atoms with E-state index in [1.54, 1.807) is 0 Å². The van der Waals surface area contributed by atoms with Crippen molar-refractivity contribution in [2.75, 3.05) is 0 Å². The zero-order chi connectivity index (χ0) is 14.0. The van der Waals surface area contributed by atoms with Crippen molar-refractivity contribution in [3.05, 3.63) is 56.6 Å². The Kier molecular flexibility index (Phi) is 6.83. The molecule has 0 fully saturated rings. The second-order valence-corrected chi connectivity index (χ2v) is 5.52. The minimum Gasteiger partial charge on any atom is -0.731 e. The van der Waals surface area contributed by atoms with Crippen LogP contribution in [0.5, 0.6) is 0 Å². The molecule has 0 amide bonds. The smallest absolute Gasteiger partial charge is 0 e. The summed E-state index contributed by atoms with van der Waals surface area (Å²) in [5.41, 5.74) is 11.5. The van der Waals surface area contributed by atoms with E-state index in [1.165, 1.54) is 44.5 Å². The molecule has 2 aromatic rings. The van der Waals surface area contributed by atoms with Gasteiger partial charge in [0, 0.05) is 17.1 Å². The standard InChI is InChI=1S/C10H15.C8H11.Fe/c1-6-7(2)9(4)10(5)8(6)3;1-6-4-7(2)8(3)5-6;/h1-5H3;4-5H,1-3H3;/q-5;-1;. The van der Waals surface area contributed by atoms with Crippen molar-refractivity contribution in [3.8, 4) is 0 Å². The maximum atomic E-state index is 2.20. The summed E-state index contributed by atoms with van der Waals surface area (Å²) in [6, 6.07) is 4.41. The van der Waals surface area contributed by atoms with Crippen LogP contribution in [-0.4, -0.2) is 0 Å². The molecule has 0 saturated heterocycles. The van der Waals surface area contributed by atoms with Gasteiger partial charge in [0.25, 0.3) is 0 Å². The fourth-order valence-electron chi connectivity index (χ4n) is 2.36. The van der Waals surface area contributed by atoms with Crippen molar-refractivity contribution >= 4 is 0 Å². The Morgan fingerprint density at radius 2 is 0.789 bits per heavy atom. The summed E-state index contributed by atoms with van der Waals surface area (Å²) in [6.07, 6.45) is 0. The number of hydrogen-bond donors (Lipinski definition) is 0. The molecule has 112 valence electrons. The van der Waals surface area contributed by atoms with Gasteiger partial charge in [-0.05, 0) is 0 Å². The maximum absolute atomic E-state index is 2.20. The van der Waals surface area contributed by atoms with Crippen molar-refractivity contribution in [1.82, 2.24) is 0 Å². The van der Waals surface area contributed by atoms with Crippen LogP contribution in [0.4, 0.5) is 0 Å². The van der Waals surface area contributed by atoms with Crippen LogP contribution in [0.2, 0.25) is 0 Å². The molecular formula is C18H26Fe-6. The summed E-state index contributed by atoms with van der Waals surface area (Å²) >= 11 is 0. The summed E-state index contributed by atoms with van der Waals surface area (Å²) in [5.74, 6) is 0. The van der Waals surface area contributed by atoms with Crippen molar-refractivity contribution in [1.29, 1.82) is 0 Å². The molecule has 0 aliphatic rings. The van der Waals surface area contributed by atoms with Gasteiger partial charge in [-0.15, -0.1) is 0 Å². The van der Waals surface area contributed by atoms with Crippen LogP contribution < -0.4 is 0 Å². The van der Waals surface area contributed by atoms with E-state index in [1.807, 2.05) is 0 Å². The van der Waals surface area contributed by atoms with Gasteiger partial charge in [-0.1, -0.05) is 20.8 Å². The van der Waals surface area contributed by atoms with Gasteiger partial charge in [0.1, 0.15) is 0 Å². The van der Waals surface area contributed by atoms with Gasteiger partial charge in [-0.25, -0.2) is 34.6 Å². The minimum atomic E-state index is 0. The predicted octanol–water partition coefficient (Wildman–Crippen LogP) is 5.28. The molecule has 0 aliphatic carbocycles. The van der Waals surface area contributed by atoms with Crippen LogP contribution in [-0.2, 0) is 17.1 Å². The van der Waals surface area contributed by atoms with Gasteiger partial charge in [0.15, 0.2) is 0 Å². The van der Waals surface area contributed by atoms with E-state index in [0.29, 0.717) is 0 Å². The Morgan fingerprint density at radius 3 is 0.895 bits per heavy atom. The summed E-state index contributed by atoms with van der Waals surface area (Å²) < 4.78 is 0. The van der Waals surface area contributed by atoms with E-state index in [0.717, 1.165) is 0 Å². The van der Waals surface area contributed by atoms with Crippen molar-refractivity contribution in [3.63, 3.8) is 0 Å². The summed E-state index contributed by atoms with van der Waals surface area (Å²) in [6.45, 7) is 17.4. The van der Waals surface area contributed by atoms with Crippen LogP contribution in [0.3, 0.4) is 0 Å². The molecule has 1 heteroatoms.